The highest BCUT2D eigenvalue weighted by atomic mass is 16.4. The molecule has 0 aromatic carbocycles. The average molecular weight is 253 g/mol. The third-order valence-corrected chi connectivity index (χ3v) is 3.34. The van der Waals surface area contributed by atoms with Gasteiger partial charge in [-0.3, -0.25) is 4.79 Å². The molecule has 3 N–H and O–H groups in total. The zero-order chi connectivity index (χ0) is 13.0. The first kappa shape index (κ1) is 12.9. The molecule has 1 saturated heterocycles. The Kier molecular flexibility index (Phi) is 4.19. The molecule has 1 heterocycles. The topological polar surface area (TPSA) is 81.7 Å². The molecular weight excluding hydrogens is 234 g/mol. The van der Waals surface area contributed by atoms with Gasteiger partial charge in [0.25, 0.3) is 0 Å². The monoisotopic (exact) mass is 253 g/mol. The number of carbonyl (C=O) groups is 2. The van der Waals surface area contributed by atoms with E-state index in [1.807, 2.05) is 0 Å². The predicted octanol–water partition coefficient (Wildman–Crippen LogP) is 0.0206. The number of nitrogens with zero attached hydrogens (tertiary/aromatic N) is 1. The zero-order valence-electron chi connectivity index (χ0n) is 10.3. The summed E-state index contributed by atoms with van der Waals surface area (Å²) < 4.78 is 0. The number of hydrogen-bond donors (Lipinski definition) is 3. The van der Waals surface area contributed by atoms with E-state index in [1.165, 1.54) is 0 Å². The third kappa shape index (κ3) is 3.22. The highest BCUT2D eigenvalue weighted by Gasteiger charge is 2.26. The van der Waals surface area contributed by atoms with E-state index in [2.05, 4.69) is 10.6 Å². The van der Waals surface area contributed by atoms with Crippen molar-refractivity contribution in [2.45, 2.75) is 18.9 Å². The van der Waals surface area contributed by atoms with Crippen LogP contribution in [0.5, 0.6) is 0 Å². The molecule has 18 heavy (non-hydrogen) atoms. The van der Waals surface area contributed by atoms with E-state index in [-0.39, 0.29) is 12.1 Å². The average Bonchev–Trinajstić information content (AvgIpc) is 2.64. The Hall–Kier alpha value is -1.56. The second-order valence-electron chi connectivity index (χ2n) is 4.71. The van der Waals surface area contributed by atoms with Crippen LogP contribution in [-0.2, 0) is 4.79 Å². The van der Waals surface area contributed by atoms with Gasteiger partial charge in [0.05, 0.1) is 12.0 Å². The minimum atomic E-state index is -0.832. The Labute approximate surface area is 106 Å². The number of carboxylic acids is 1. The van der Waals surface area contributed by atoms with Gasteiger partial charge in [-0.25, -0.2) is 4.79 Å². The van der Waals surface area contributed by atoms with Crippen molar-refractivity contribution in [2.75, 3.05) is 26.2 Å². The second kappa shape index (κ2) is 5.86. The number of rotatable bonds is 2. The maximum atomic E-state index is 12.0. The summed E-state index contributed by atoms with van der Waals surface area (Å²) in [6, 6.07) is -0.255. The fourth-order valence-electron chi connectivity index (χ4n) is 2.29. The second-order valence-corrected chi connectivity index (χ2v) is 4.71. The van der Waals surface area contributed by atoms with Crippen LogP contribution < -0.4 is 10.6 Å². The molecule has 1 aliphatic carbocycles. The summed E-state index contributed by atoms with van der Waals surface area (Å²) in [6.07, 6.45) is 4.82. The Morgan fingerprint density at radius 1 is 1.28 bits per heavy atom. The van der Waals surface area contributed by atoms with Crippen LogP contribution in [0.2, 0.25) is 0 Å². The van der Waals surface area contributed by atoms with Crippen LogP contribution in [-0.4, -0.2) is 54.2 Å². The maximum absolute atomic E-state index is 12.0. The number of hydrogen-bond acceptors (Lipinski definition) is 3. The van der Waals surface area contributed by atoms with Crippen LogP contribution in [0.3, 0.4) is 0 Å². The van der Waals surface area contributed by atoms with Gasteiger partial charge in [-0.1, -0.05) is 12.2 Å². The van der Waals surface area contributed by atoms with Gasteiger partial charge in [0, 0.05) is 19.6 Å². The van der Waals surface area contributed by atoms with E-state index in [0.717, 1.165) is 26.1 Å². The van der Waals surface area contributed by atoms with Crippen LogP contribution in [0.4, 0.5) is 4.79 Å². The summed E-state index contributed by atoms with van der Waals surface area (Å²) in [5, 5.41) is 15.0. The van der Waals surface area contributed by atoms with Gasteiger partial charge in [0.15, 0.2) is 0 Å². The molecular formula is C12H19N3O3. The van der Waals surface area contributed by atoms with Gasteiger partial charge >= 0.3 is 12.0 Å². The molecule has 2 unspecified atom stereocenters. The van der Waals surface area contributed by atoms with E-state index in [9.17, 15) is 9.59 Å². The first-order valence-corrected chi connectivity index (χ1v) is 6.34. The van der Waals surface area contributed by atoms with Crippen molar-refractivity contribution in [1.29, 1.82) is 0 Å². The summed E-state index contributed by atoms with van der Waals surface area (Å²) in [5.41, 5.74) is 0. The Balaban J connectivity index is 1.81. The highest BCUT2D eigenvalue weighted by Crippen LogP contribution is 2.18. The van der Waals surface area contributed by atoms with Crippen molar-refractivity contribution in [2.24, 2.45) is 5.92 Å². The minimum Gasteiger partial charge on any atom is -0.481 e. The van der Waals surface area contributed by atoms with Gasteiger partial charge in [-0.2, -0.15) is 0 Å². The van der Waals surface area contributed by atoms with Crippen molar-refractivity contribution >= 4 is 12.0 Å². The third-order valence-electron chi connectivity index (χ3n) is 3.34. The molecule has 0 aromatic rings. The van der Waals surface area contributed by atoms with Crippen molar-refractivity contribution in [3.63, 3.8) is 0 Å². The molecule has 0 aromatic heterocycles. The summed E-state index contributed by atoms with van der Waals surface area (Å²) in [6.45, 7) is 3.20. The van der Waals surface area contributed by atoms with Crippen LogP contribution in [0.25, 0.3) is 0 Å². The Morgan fingerprint density at radius 2 is 2.11 bits per heavy atom. The highest BCUT2D eigenvalue weighted by molar-refractivity contribution is 5.76. The van der Waals surface area contributed by atoms with Crippen molar-refractivity contribution in [3.05, 3.63) is 12.2 Å². The van der Waals surface area contributed by atoms with Gasteiger partial charge in [-0.15, -0.1) is 0 Å². The number of aliphatic carboxylic acids is 1. The van der Waals surface area contributed by atoms with Crippen molar-refractivity contribution < 1.29 is 14.7 Å². The first-order chi connectivity index (χ1) is 8.66. The normalized spacial score (nSPS) is 27.9. The van der Waals surface area contributed by atoms with Crippen molar-refractivity contribution in [3.8, 4) is 0 Å². The largest absolute Gasteiger partial charge is 0.481 e. The number of urea groups is 1. The van der Waals surface area contributed by atoms with Crippen LogP contribution in [0, 0.1) is 5.92 Å². The van der Waals surface area contributed by atoms with Crippen molar-refractivity contribution in [1.82, 2.24) is 15.5 Å². The summed E-state index contributed by atoms with van der Waals surface area (Å²) in [4.78, 5) is 24.6. The van der Waals surface area contributed by atoms with Gasteiger partial charge in [0.2, 0.25) is 0 Å². The zero-order valence-corrected chi connectivity index (χ0v) is 10.3. The van der Waals surface area contributed by atoms with Gasteiger partial charge in [-0.05, 0) is 19.4 Å². The van der Waals surface area contributed by atoms with E-state index in [0.29, 0.717) is 13.0 Å². The molecule has 0 bridgehead atoms. The standard InChI is InChI=1S/C12H19N3O3/c16-11(17)9-2-3-10(8-9)14-12(18)15-6-1-4-13-5-7-15/h2-3,9-10,13H,1,4-8H2,(H,14,18)(H,16,17). The summed E-state index contributed by atoms with van der Waals surface area (Å²) in [7, 11) is 0. The Morgan fingerprint density at radius 3 is 2.83 bits per heavy atom. The minimum absolute atomic E-state index is 0.0978. The van der Waals surface area contributed by atoms with E-state index in [4.69, 9.17) is 5.11 Å². The lowest BCUT2D eigenvalue weighted by Crippen LogP contribution is -2.45. The molecule has 2 atom stereocenters. The lowest BCUT2D eigenvalue weighted by molar-refractivity contribution is -0.140. The van der Waals surface area contributed by atoms with Gasteiger partial charge in [0.1, 0.15) is 0 Å². The molecule has 0 saturated carbocycles. The number of amides is 2. The van der Waals surface area contributed by atoms with E-state index in [1.54, 1.807) is 17.1 Å². The lowest BCUT2D eigenvalue weighted by atomic mass is 10.1. The summed E-state index contributed by atoms with van der Waals surface area (Å²) in [5.74, 6) is -1.30. The Bertz CT molecular complexity index is 348. The molecule has 2 rings (SSSR count). The molecule has 6 nitrogen and oxygen atoms in total. The molecule has 100 valence electrons. The SMILES string of the molecule is O=C(O)C1C=CC(NC(=O)N2CCCNCC2)C1. The molecule has 0 radical (unpaired) electrons. The van der Waals surface area contributed by atoms with Crippen LogP contribution in [0.1, 0.15) is 12.8 Å². The fourth-order valence-corrected chi connectivity index (χ4v) is 2.29. The fraction of sp³-hybridized carbons (Fsp3) is 0.667. The molecule has 6 heteroatoms. The molecule has 0 spiro atoms. The van der Waals surface area contributed by atoms with Crippen LogP contribution in [0.15, 0.2) is 12.2 Å². The molecule has 2 amide bonds. The molecule has 1 fully saturated rings. The number of carboxylic acid groups (broad SMARTS) is 1. The van der Waals surface area contributed by atoms with Crippen LogP contribution >= 0.6 is 0 Å². The first-order valence-electron chi connectivity index (χ1n) is 6.34. The van der Waals surface area contributed by atoms with E-state index < -0.39 is 11.9 Å². The van der Waals surface area contributed by atoms with E-state index >= 15 is 0 Å². The number of nitrogens with one attached hydrogen (secondary N) is 2. The molecule has 2 aliphatic rings. The smallest absolute Gasteiger partial charge is 0.317 e. The predicted molar refractivity (Wildman–Crippen MR) is 66.3 cm³/mol. The maximum Gasteiger partial charge on any atom is 0.317 e. The van der Waals surface area contributed by atoms with Gasteiger partial charge < -0.3 is 20.6 Å². The summed E-state index contributed by atoms with van der Waals surface area (Å²) >= 11 is 0. The number of carbonyl (C=O) groups excluding carboxylic acids is 1. The quantitative estimate of drug-likeness (QED) is 0.606. The molecule has 1 aliphatic heterocycles. The lowest BCUT2D eigenvalue weighted by Gasteiger charge is -2.22.